The average Bonchev–Trinajstić information content (AvgIpc) is 3.35. The van der Waals surface area contributed by atoms with Crippen LogP contribution >= 0.6 is 0 Å². The van der Waals surface area contributed by atoms with Crippen molar-refractivity contribution in [2.45, 2.75) is 0 Å². The third-order valence-corrected chi connectivity index (χ3v) is 12.8. The van der Waals surface area contributed by atoms with Crippen molar-refractivity contribution in [3.63, 3.8) is 0 Å². The van der Waals surface area contributed by atoms with Crippen molar-refractivity contribution >= 4 is 53.9 Å². The lowest BCUT2D eigenvalue weighted by atomic mass is 9.82. The normalized spacial score (nSPS) is 11.5. The fraction of sp³-hybridized carbons (Fsp3) is 0. The van der Waals surface area contributed by atoms with E-state index in [0.717, 1.165) is 0 Å². The first-order valence-corrected chi connectivity index (χ1v) is 21.5. The molecule has 0 spiro atoms. The average molecular weight is 785 g/mol. The van der Waals surface area contributed by atoms with Gasteiger partial charge in [0.2, 0.25) is 0 Å². The Morgan fingerprint density at radius 3 is 0.984 bits per heavy atom. The molecular weight excluding hydrogens is 745 g/mol. The highest BCUT2D eigenvalue weighted by Gasteiger charge is 2.20. The van der Waals surface area contributed by atoms with Gasteiger partial charge in [-0.1, -0.05) is 200 Å². The summed E-state index contributed by atoms with van der Waals surface area (Å²) in [5.41, 5.74) is 14.7. The van der Waals surface area contributed by atoms with Gasteiger partial charge in [-0.15, -0.1) is 0 Å². The van der Waals surface area contributed by atoms with Gasteiger partial charge in [0.1, 0.15) is 0 Å². The van der Waals surface area contributed by atoms with E-state index >= 15 is 0 Å². The topological polar surface area (TPSA) is 0 Å². The Morgan fingerprint density at radius 1 is 0.161 bits per heavy atom. The summed E-state index contributed by atoms with van der Waals surface area (Å²) in [5.74, 6) is 0. The van der Waals surface area contributed by atoms with Gasteiger partial charge in [-0.2, -0.15) is 0 Å². The second-order valence-corrected chi connectivity index (χ2v) is 16.5. The molecule has 62 heavy (non-hydrogen) atoms. The van der Waals surface area contributed by atoms with Gasteiger partial charge < -0.3 is 0 Å². The number of hydrogen-bond acceptors (Lipinski definition) is 0. The highest BCUT2D eigenvalue weighted by Crippen LogP contribution is 2.47. The van der Waals surface area contributed by atoms with Gasteiger partial charge in [-0.25, -0.2) is 0 Å². The Bertz CT molecular complexity index is 3660. The van der Waals surface area contributed by atoms with E-state index in [1.807, 2.05) is 0 Å². The third-order valence-electron chi connectivity index (χ3n) is 12.8. The Labute approximate surface area is 361 Å². The Kier molecular flexibility index (Phi) is 8.61. The van der Waals surface area contributed by atoms with Crippen LogP contribution in [0.4, 0.5) is 0 Å². The zero-order valence-corrected chi connectivity index (χ0v) is 34.1. The minimum atomic E-state index is 1.20. The predicted octanol–water partition coefficient (Wildman–Crippen LogP) is 17.5. The quantitative estimate of drug-likeness (QED) is 0.147. The zero-order valence-electron chi connectivity index (χ0n) is 34.1. The van der Waals surface area contributed by atoms with Crippen molar-refractivity contribution in [2.75, 3.05) is 0 Å². The Hall–Kier alpha value is -8.06. The molecule has 0 bridgehead atoms. The van der Waals surface area contributed by atoms with Gasteiger partial charge in [0.05, 0.1) is 0 Å². The minimum absolute atomic E-state index is 1.20. The van der Waals surface area contributed by atoms with Crippen LogP contribution in [-0.4, -0.2) is 0 Å². The van der Waals surface area contributed by atoms with Crippen LogP contribution in [0.25, 0.3) is 121 Å². The van der Waals surface area contributed by atoms with Crippen molar-refractivity contribution in [1.29, 1.82) is 0 Å². The molecule has 0 radical (unpaired) electrons. The van der Waals surface area contributed by atoms with Gasteiger partial charge in [-0.05, 0) is 163 Å². The molecule has 0 saturated carbocycles. The van der Waals surface area contributed by atoms with E-state index in [9.17, 15) is 0 Å². The third kappa shape index (κ3) is 6.24. The van der Waals surface area contributed by atoms with Crippen LogP contribution in [0, 0.1) is 0 Å². The first-order valence-electron chi connectivity index (χ1n) is 21.5. The maximum atomic E-state index is 2.45. The van der Waals surface area contributed by atoms with E-state index < -0.39 is 0 Å². The molecule has 288 valence electrons. The SMILES string of the molecule is c1ccc(-c2cc3ccccc3cc2-c2ccc3c(c2)c(-c2ccccc2)c(-c2ccccc2)c2cc(-c4ccc5cc(-c6ccc7ccccc7c6)ccc5c4)ccc23)cc1. The van der Waals surface area contributed by atoms with E-state index in [0.29, 0.717) is 0 Å². The fourth-order valence-corrected chi connectivity index (χ4v) is 9.71. The van der Waals surface area contributed by atoms with E-state index in [4.69, 9.17) is 0 Å². The number of rotatable bonds is 6. The van der Waals surface area contributed by atoms with Crippen LogP contribution in [0.5, 0.6) is 0 Å². The van der Waals surface area contributed by atoms with Crippen molar-refractivity contribution < 1.29 is 0 Å². The van der Waals surface area contributed by atoms with Crippen LogP contribution < -0.4 is 0 Å². The van der Waals surface area contributed by atoms with Gasteiger partial charge in [-0.3, -0.25) is 0 Å². The standard InChI is InChI=1S/C62H40/c1-4-15-42(16-5-1)57-37-46-22-12-13-23-47(46)38-58(57)54-31-33-56-55-32-30-53(39-59(55)61(43-17-6-2-7-18-43)62(60(56)40-54)44-19-8-3-9-20-44)52-29-28-50-35-49(26-27-51(50)36-52)48-25-24-41-14-10-11-21-45(41)34-48/h1-40H. The molecule has 0 heterocycles. The van der Waals surface area contributed by atoms with Gasteiger partial charge >= 0.3 is 0 Å². The van der Waals surface area contributed by atoms with Crippen molar-refractivity contribution in [1.82, 2.24) is 0 Å². The van der Waals surface area contributed by atoms with Crippen molar-refractivity contribution in [3.05, 3.63) is 243 Å². The molecule has 0 heteroatoms. The molecule has 0 unspecified atom stereocenters. The summed E-state index contributed by atoms with van der Waals surface area (Å²) in [5, 5.41) is 12.5. The lowest BCUT2D eigenvalue weighted by Crippen LogP contribution is -1.94. The first kappa shape index (κ1) is 35.8. The molecule has 12 rings (SSSR count). The lowest BCUT2D eigenvalue weighted by Gasteiger charge is -2.21. The molecule has 12 aromatic rings. The summed E-state index contributed by atoms with van der Waals surface area (Å²) in [4.78, 5) is 0. The summed E-state index contributed by atoms with van der Waals surface area (Å²) in [7, 11) is 0. The second kappa shape index (κ2) is 14.9. The van der Waals surface area contributed by atoms with E-state index in [1.54, 1.807) is 0 Å². The molecule has 12 aromatic carbocycles. The molecule has 0 saturated heterocycles. The molecule has 0 aromatic heterocycles. The van der Waals surface area contributed by atoms with Crippen molar-refractivity contribution in [3.8, 4) is 66.8 Å². The van der Waals surface area contributed by atoms with Crippen molar-refractivity contribution in [2.24, 2.45) is 0 Å². The summed E-state index contributed by atoms with van der Waals surface area (Å²) in [6, 6.07) is 89.5. The molecular formula is C62H40. The molecule has 0 aliphatic carbocycles. The van der Waals surface area contributed by atoms with Crippen LogP contribution in [0.1, 0.15) is 0 Å². The smallest absolute Gasteiger partial charge is 0.00201 e. The minimum Gasteiger partial charge on any atom is -0.0622 e. The monoisotopic (exact) mass is 784 g/mol. The second-order valence-electron chi connectivity index (χ2n) is 16.5. The van der Waals surface area contributed by atoms with E-state index in [2.05, 4.69) is 243 Å². The van der Waals surface area contributed by atoms with Crippen LogP contribution in [0.15, 0.2) is 243 Å². The molecule has 0 fully saturated rings. The highest BCUT2D eigenvalue weighted by atomic mass is 14.2. The fourth-order valence-electron chi connectivity index (χ4n) is 9.71. The number of fused-ring (bicyclic) bond motifs is 6. The summed E-state index contributed by atoms with van der Waals surface area (Å²) < 4.78 is 0. The number of hydrogen-bond donors (Lipinski definition) is 0. The van der Waals surface area contributed by atoms with Crippen LogP contribution in [0.2, 0.25) is 0 Å². The van der Waals surface area contributed by atoms with E-state index in [-0.39, 0.29) is 0 Å². The van der Waals surface area contributed by atoms with Gasteiger partial charge in [0, 0.05) is 0 Å². The molecule has 0 aliphatic rings. The highest BCUT2D eigenvalue weighted by molar-refractivity contribution is 6.23. The zero-order chi connectivity index (χ0) is 41.0. The summed E-state index contributed by atoms with van der Waals surface area (Å²) >= 11 is 0. The molecule has 0 aliphatic heterocycles. The van der Waals surface area contributed by atoms with Gasteiger partial charge in [0.15, 0.2) is 0 Å². The first-order chi connectivity index (χ1) is 30.7. The molecule has 0 atom stereocenters. The predicted molar refractivity (Wildman–Crippen MR) is 267 cm³/mol. The Balaban J connectivity index is 1.06. The molecule has 0 amide bonds. The van der Waals surface area contributed by atoms with Crippen LogP contribution in [-0.2, 0) is 0 Å². The lowest BCUT2D eigenvalue weighted by molar-refractivity contribution is 1.60. The Morgan fingerprint density at radius 2 is 0.484 bits per heavy atom. The number of benzene rings is 12. The molecule has 0 nitrogen and oxygen atoms in total. The maximum absolute atomic E-state index is 2.45. The summed E-state index contributed by atoms with van der Waals surface area (Å²) in [6.07, 6.45) is 0. The maximum Gasteiger partial charge on any atom is -0.00201 e. The largest absolute Gasteiger partial charge is 0.0622 e. The van der Waals surface area contributed by atoms with Gasteiger partial charge in [0.25, 0.3) is 0 Å². The van der Waals surface area contributed by atoms with Crippen LogP contribution in [0.3, 0.4) is 0 Å². The summed E-state index contributed by atoms with van der Waals surface area (Å²) in [6.45, 7) is 0. The van der Waals surface area contributed by atoms with E-state index in [1.165, 1.54) is 121 Å². The molecule has 0 N–H and O–H groups in total.